The molecule has 4 aliphatic rings. The Kier molecular flexibility index (Phi) is 3.06. The van der Waals surface area contributed by atoms with Crippen molar-refractivity contribution in [2.45, 2.75) is 77.2 Å². The summed E-state index contributed by atoms with van der Waals surface area (Å²) in [6.45, 7) is 4.47. The van der Waals surface area contributed by atoms with Crippen molar-refractivity contribution in [1.82, 2.24) is 0 Å². The van der Waals surface area contributed by atoms with Gasteiger partial charge in [0.1, 0.15) is 0 Å². The van der Waals surface area contributed by atoms with Gasteiger partial charge in [-0.2, -0.15) is 0 Å². The van der Waals surface area contributed by atoms with Crippen LogP contribution in [0.4, 0.5) is 0 Å². The summed E-state index contributed by atoms with van der Waals surface area (Å²) in [7, 11) is 0. The van der Waals surface area contributed by atoms with Crippen LogP contribution < -0.4 is 0 Å². The van der Waals surface area contributed by atoms with Gasteiger partial charge in [0.2, 0.25) is 0 Å². The molecule has 4 aliphatic carbocycles. The fourth-order valence-electron chi connectivity index (χ4n) is 7.70. The SMILES string of the molecule is C[C@@]12CCC[C@](C)(O)[C@H]1CC[C@@]13C[C@@H](CC[C@H]12)[C@@H](C(=O)O)C3. The monoisotopic (exact) mass is 306 g/mol. The molecule has 22 heavy (non-hydrogen) atoms. The smallest absolute Gasteiger partial charge is 0.306 e. The van der Waals surface area contributed by atoms with Crippen molar-refractivity contribution in [3.05, 3.63) is 0 Å². The van der Waals surface area contributed by atoms with Crippen molar-refractivity contribution in [2.75, 3.05) is 0 Å². The molecule has 124 valence electrons. The molecule has 0 aromatic heterocycles. The van der Waals surface area contributed by atoms with E-state index < -0.39 is 11.6 Å². The van der Waals surface area contributed by atoms with Gasteiger partial charge in [-0.3, -0.25) is 4.79 Å². The number of hydrogen-bond acceptors (Lipinski definition) is 2. The minimum Gasteiger partial charge on any atom is -0.481 e. The van der Waals surface area contributed by atoms with E-state index in [9.17, 15) is 15.0 Å². The van der Waals surface area contributed by atoms with E-state index in [1.807, 2.05) is 6.92 Å². The third kappa shape index (κ3) is 1.81. The normalized spacial score (nSPS) is 57.0. The molecule has 0 amide bonds. The van der Waals surface area contributed by atoms with Crippen molar-refractivity contribution in [3.63, 3.8) is 0 Å². The van der Waals surface area contributed by atoms with Gasteiger partial charge in [-0.1, -0.05) is 13.3 Å². The van der Waals surface area contributed by atoms with Crippen LogP contribution in [0.15, 0.2) is 0 Å². The lowest BCUT2D eigenvalue weighted by Crippen LogP contribution is -2.58. The number of carbonyl (C=O) groups is 1. The van der Waals surface area contributed by atoms with E-state index in [-0.39, 0.29) is 16.7 Å². The van der Waals surface area contributed by atoms with Crippen LogP contribution >= 0.6 is 0 Å². The van der Waals surface area contributed by atoms with Gasteiger partial charge in [0.25, 0.3) is 0 Å². The lowest BCUT2D eigenvalue weighted by atomic mass is 9.43. The van der Waals surface area contributed by atoms with Crippen LogP contribution in [0, 0.1) is 34.5 Å². The molecule has 0 aliphatic heterocycles. The number of carboxylic acids is 1. The fourth-order valence-corrected chi connectivity index (χ4v) is 7.70. The van der Waals surface area contributed by atoms with Crippen molar-refractivity contribution in [2.24, 2.45) is 34.5 Å². The zero-order valence-corrected chi connectivity index (χ0v) is 14.0. The third-order valence-corrected chi connectivity index (χ3v) is 8.42. The van der Waals surface area contributed by atoms with E-state index in [0.717, 1.165) is 44.9 Å². The Bertz CT molecular complexity index is 499. The van der Waals surface area contributed by atoms with E-state index in [2.05, 4.69) is 6.92 Å². The van der Waals surface area contributed by atoms with Crippen molar-refractivity contribution in [1.29, 1.82) is 0 Å². The average molecular weight is 306 g/mol. The second-order valence-corrected chi connectivity index (χ2v) is 9.41. The highest BCUT2D eigenvalue weighted by Gasteiger charge is 2.65. The predicted octanol–water partition coefficient (Wildman–Crippen LogP) is 3.84. The minimum atomic E-state index is -0.564. The molecular weight excluding hydrogens is 276 g/mol. The van der Waals surface area contributed by atoms with Gasteiger partial charge in [-0.15, -0.1) is 0 Å². The molecule has 2 N–H and O–H groups in total. The van der Waals surface area contributed by atoms with Crippen LogP contribution in [0.25, 0.3) is 0 Å². The maximum Gasteiger partial charge on any atom is 0.306 e. The van der Waals surface area contributed by atoms with E-state index in [1.165, 1.54) is 12.8 Å². The molecule has 0 radical (unpaired) electrons. The van der Waals surface area contributed by atoms with Gasteiger partial charge >= 0.3 is 5.97 Å². The molecule has 2 bridgehead atoms. The Morgan fingerprint density at radius 1 is 1.00 bits per heavy atom. The van der Waals surface area contributed by atoms with Crippen molar-refractivity contribution >= 4 is 5.97 Å². The second kappa shape index (κ2) is 4.49. The Balaban J connectivity index is 1.70. The van der Waals surface area contributed by atoms with Crippen LogP contribution in [0.3, 0.4) is 0 Å². The number of carboxylic acid groups (broad SMARTS) is 1. The molecular formula is C19H30O3. The zero-order valence-electron chi connectivity index (χ0n) is 14.0. The van der Waals surface area contributed by atoms with Gasteiger partial charge in [-0.05, 0) is 86.9 Å². The highest BCUT2D eigenvalue weighted by atomic mass is 16.4. The zero-order chi connectivity index (χ0) is 15.8. The van der Waals surface area contributed by atoms with E-state index in [4.69, 9.17) is 0 Å². The molecule has 4 saturated carbocycles. The van der Waals surface area contributed by atoms with E-state index >= 15 is 0 Å². The third-order valence-electron chi connectivity index (χ3n) is 8.42. The largest absolute Gasteiger partial charge is 0.481 e. The van der Waals surface area contributed by atoms with Crippen LogP contribution in [-0.4, -0.2) is 21.8 Å². The summed E-state index contributed by atoms with van der Waals surface area (Å²) in [6.07, 6.45) is 9.86. The number of rotatable bonds is 1. The topological polar surface area (TPSA) is 57.5 Å². The molecule has 0 heterocycles. The lowest BCUT2D eigenvalue weighted by molar-refractivity contribution is -0.180. The van der Waals surface area contributed by atoms with Gasteiger partial charge in [0.15, 0.2) is 0 Å². The summed E-state index contributed by atoms with van der Waals surface area (Å²) >= 11 is 0. The second-order valence-electron chi connectivity index (χ2n) is 9.41. The molecule has 3 heteroatoms. The number of aliphatic hydroxyl groups is 1. The first-order chi connectivity index (χ1) is 10.3. The number of hydrogen-bond donors (Lipinski definition) is 2. The first-order valence-electron chi connectivity index (χ1n) is 9.24. The highest BCUT2D eigenvalue weighted by molar-refractivity contribution is 5.71. The first-order valence-corrected chi connectivity index (χ1v) is 9.24. The standard InChI is InChI=1S/C19H30O3/c1-17-7-3-8-18(2,22)14(17)6-9-19-10-12(4-5-15(17)19)13(11-19)16(20)21/h12-15,22H,3-11H2,1-2H3,(H,20,21)/t12-,13+,14+,15+,17-,18+,19+/m1/s1. The Morgan fingerprint density at radius 2 is 1.77 bits per heavy atom. The maximum atomic E-state index is 11.6. The fraction of sp³-hybridized carbons (Fsp3) is 0.947. The quantitative estimate of drug-likeness (QED) is 0.773. The Labute approximate surface area is 133 Å². The van der Waals surface area contributed by atoms with Crippen LogP contribution in [-0.2, 0) is 4.79 Å². The number of fused-ring (bicyclic) bond motifs is 3. The molecule has 4 rings (SSSR count). The van der Waals surface area contributed by atoms with Crippen LogP contribution in [0.2, 0.25) is 0 Å². The van der Waals surface area contributed by atoms with Gasteiger partial charge in [0, 0.05) is 0 Å². The van der Waals surface area contributed by atoms with Crippen molar-refractivity contribution < 1.29 is 15.0 Å². The molecule has 3 nitrogen and oxygen atoms in total. The first kappa shape index (κ1) is 15.0. The molecule has 0 aromatic carbocycles. The maximum absolute atomic E-state index is 11.6. The Hall–Kier alpha value is -0.570. The molecule has 0 aromatic rings. The highest BCUT2D eigenvalue weighted by Crippen LogP contribution is 2.71. The molecule has 0 saturated heterocycles. The van der Waals surface area contributed by atoms with Crippen LogP contribution in [0.1, 0.15) is 71.6 Å². The van der Waals surface area contributed by atoms with E-state index in [1.54, 1.807) is 0 Å². The van der Waals surface area contributed by atoms with Gasteiger partial charge < -0.3 is 10.2 Å². The Morgan fingerprint density at radius 3 is 2.50 bits per heavy atom. The number of aliphatic carboxylic acids is 1. The summed E-state index contributed by atoms with van der Waals surface area (Å²) in [4.78, 5) is 11.6. The summed E-state index contributed by atoms with van der Waals surface area (Å²) in [5, 5.41) is 20.5. The summed E-state index contributed by atoms with van der Waals surface area (Å²) in [5.74, 6) is 0.786. The predicted molar refractivity (Wildman–Crippen MR) is 84.3 cm³/mol. The van der Waals surface area contributed by atoms with E-state index in [0.29, 0.717) is 17.8 Å². The van der Waals surface area contributed by atoms with Gasteiger partial charge in [0.05, 0.1) is 11.5 Å². The minimum absolute atomic E-state index is 0.103. The summed E-state index contributed by atoms with van der Waals surface area (Å²) in [5.41, 5.74) is -0.0285. The molecule has 0 unspecified atom stereocenters. The van der Waals surface area contributed by atoms with Gasteiger partial charge in [-0.25, -0.2) is 0 Å². The lowest BCUT2D eigenvalue weighted by Gasteiger charge is -2.63. The molecule has 4 fully saturated rings. The summed E-state index contributed by atoms with van der Waals surface area (Å²) in [6, 6.07) is 0. The molecule has 7 atom stereocenters. The molecule has 1 spiro atoms. The van der Waals surface area contributed by atoms with Crippen LogP contribution in [0.5, 0.6) is 0 Å². The average Bonchev–Trinajstić information content (AvgIpc) is 2.69. The van der Waals surface area contributed by atoms with Crippen molar-refractivity contribution in [3.8, 4) is 0 Å². The summed E-state index contributed by atoms with van der Waals surface area (Å²) < 4.78 is 0.